The molecule has 4 heteroatoms. The molecule has 1 aromatic heterocycles. The minimum atomic E-state index is -0.124. The summed E-state index contributed by atoms with van der Waals surface area (Å²) in [6.45, 7) is 1.88. The second kappa shape index (κ2) is 3.59. The number of methoxy groups -OCH3 is 1. The van der Waals surface area contributed by atoms with E-state index in [1.807, 2.05) is 13.0 Å². The lowest BCUT2D eigenvalue weighted by Crippen LogP contribution is -2.04. The van der Waals surface area contributed by atoms with Crippen molar-refractivity contribution in [2.45, 2.75) is 6.92 Å². The van der Waals surface area contributed by atoms with Gasteiger partial charge in [-0.3, -0.25) is 4.79 Å². The van der Waals surface area contributed by atoms with Gasteiger partial charge in [-0.2, -0.15) is 0 Å². The van der Waals surface area contributed by atoms with Crippen LogP contribution in [0.4, 0.5) is 0 Å². The molecule has 0 aliphatic carbocycles. The molecule has 1 N–H and O–H groups in total. The smallest absolute Gasteiger partial charge is 0.248 e. The minimum Gasteiger partial charge on any atom is -0.495 e. The molecule has 0 aliphatic heterocycles. The molecule has 2 aromatic rings. The quantitative estimate of drug-likeness (QED) is 0.807. The van der Waals surface area contributed by atoms with Crippen LogP contribution in [0.1, 0.15) is 5.56 Å². The Morgan fingerprint density at radius 2 is 2.07 bits per heavy atom. The molecule has 0 saturated heterocycles. The lowest BCUT2D eigenvalue weighted by Gasteiger charge is -2.06. The molecule has 0 radical (unpaired) electrons. The zero-order valence-corrected chi connectivity index (χ0v) is 9.18. The van der Waals surface area contributed by atoms with Crippen LogP contribution in [-0.4, -0.2) is 12.1 Å². The molecule has 0 aliphatic rings. The summed E-state index contributed by atoms with van der Waals surface area (Å²) in [7, 11) is 1.56. The van der Waals surface area contributed by atoms with Crippen molar-refractivity contribution in [1.82, 2.24) is 4.98 Å². The number of fused-ring (bicyclic) bond motifs is 1. The van der Waals surface area contributed by atoms with Crippen LogP contribution in [0.3, 0.4) is 0 Å². The summed E-state index contributed by atoms with van der Waals surface area (Å²) in [6, 6.07) is 5.07. The van der Waals surface area contributed by atoms with E-state index >= 15 is 0 Å². The van der Waals surface area contributed by atoms with Crippen LogP contribution in [0, 0.1) is 6.92 Å². The highest BCUT2D eigenvalue weighted by molar-refractivity contribution is 6.32. The SMILES string of the molecule is COc1cc2c(C)cc(=O)[nH]c2cc1Cl. The van der Waals surface area contributed by atoms with Gasteiger partial charge < -0.3 is 9.72 Å². The van der Waals surface area contributed by atoms with Crippen molar-refractivity contribution in [3.63, 3.8) is 0 Å². The van der Waals surface area contributed by atoms with Crippen LogP contribution in [0.2, 0.25) is 5.02 Å². The third-order valence-corrected chi connectivity index (χ3v) is 2.62. The number of ether oxygens (including phenoxy) is 1. The topological polar surface area (TPSA) is 42.1 Å². The summed E-state index contributed by atoms with van der Waals surface area (Å²) >= 11 is 5.96. The van der Waals surface area contributed by atoms with E-state index in [0.29, 0.717) is 10.8 Å². The largest absolute Gasteiger partial charge is 0.495 e. The van der Waals surface area contributed by atoms with Gasteiger partial charge in [0.15, 0.2) is 0 Å². The molecular formula is C11H10ClNO2. The van der Waals surface area contributed by atoms with Crippen LogP contribution in [-0.2, 0) is 0 Å². The second-order valence-corrected chi connectivity index (χ2v) is 3.76. The van der Waals surface area contributed by atoms with Crippen LogP contribution < -0.4 is 10.3 Å². The number of H-pyrrole nitrogens is 1. The molecule has 2 rings (SSSR count). The van der Waals surface area contributed by atoms with Crippen LogP contribution in [0.15, 0.2) is 23.0 Å². The first-order valence-electron chi connectivity index (χ1n) is 4.49. The Morgan fingerprint density at radius 1 is 1.33 bits per heavy atom. The Labute approximate surface area is 91.6 Å². The molecule has 0 unspecified atom stereocenters. The summed E-state index contributed by atoms with van der Waals surface area (Å²) in [5.41, 5.74) is 1.51. The number of hydrogen-bond acceptors (Lipinski definition) is 2. The average molecular weight is 224 g/mol. The summed E-state index contributed by atoms with van der Waals surface area (Å²) in [5, 5.41) is 1.43. The highest BCUT2D eigenvalue weighted by Crippen LogP contribution is 2.29. The van der Waals surface area contributed by atoms with Crippen LogP contribution in [0.5, 0.6) is 5.75 Å². The van der Waals surface area contributed by atoms with E-state index in [1.54, 1.807) is 19.2 Å². The lowest BCUT2D eigenvalue weighted by atomic mass is 10.1. The van der Waals surface area contributed by atoms with Crippen molar-refractivity contribution < 1.29 is 4.74 Å². The number of rotatable bonds is 1. The van der Waals surface area contributed by atoms with E-state index in [1.165, 1.54) is 0 Å². The predicted octanol–water partition coefficient (Wildman–Crippen LogP) is 2.50. The monoisotopic (exact) mass is 223 g/mol. The van der Waals surface area contributed by atoms with E-state index < -0.39 is 0 Å². The van der Waals surface area contributed by atoms with Gasteiger partial charge in [0.1, 0.15) is 5.75 Å². The number of aromatic nitrogens is 1. The molecule has 1 heterocycles. The van der Waals surface area contributed by atoms with Gasteiger partial charge in [0.25, 0.3) is 0 Å². The summed E-state index contributed by atoms with van der Waals surface area (Å²) in [4.78, 5) is 14.0. The predicted molar refractivity (Wildman–Crippen MR) is 60.9 cm³/mol. The van der Waals surface area contributed by atoms with Crippen LogP contribution in [0.25, 0.3) is 10.9 Å². The van der Waals surface area contributed by atoms with Crippen LogP contribution >= 0.6 is 11.6 Å². The Kier molecular flexibility index (Phi) is 2.40. The molecule has 0 spiro atoms. The van der Waals surface area contributed by atoms with Gasteiger partial charge in [0, 0.05) is 11.5 Å². The fourth-order valence-corrected chi connectivity index (χ4v) is 1.82. The van der Waals surface area contributed by atoms with Gasteiger partial charge in [0.05, 0.1) is 17.6 Å². The number of hydrogen-bond donors (Lipinski definition) is 1. The molecule has 0 saturated carbocycles. The molecule has 0 fully saturated rings. The van der Waals surface area contributed by atoms with Gasteiger partial charge in [-0.15, -0.1) is 0 Å². The van der Waals surface area contributed by atoms with Gasteiger partial charge in [-0.05, 0) is 24.6 Å². The standard InChI is InChI=1S/C11H10ClNO2/c1-6-3-11(14)13-9-5-8(12)10(15-2)4-7(6)9/h3-5H,1-2H3,(H,13,14). The lowest BCUT2D eigenvalue weighted by molar-refractivity contribution is 0.415. The normalized spacial score (nSPS) is 10.6. The van der Waals surface area contributed by atoms with E-state index in [9.17, 15) is 4.79 Å². The molecular weight excluding hydrogens is 214 g/mol. The number of aromatic amines is 1. The Bertz CT molecular complexity index is 575. The first kappa shape index (κ1) is 10.1. The zero-order chi connectivity index (χ0) is 11.0. The van der Waals surface area contributed by atoms with E-state index in [-0.39, 0.29) is 5.56 Å². The maximum absolute atomic E-state index is 11.2. The molecule has 1 aromatic carbocycles. The molecule has 15 heavy (non-hydrogen) atoms. The molecule has 0 bridgehead atoms. The first-order valence-corrected chi connectivity index (χ1v) is 4.87. The van der Waals surface area contributed by atoms with Gasteiger partial charge >= 0.3 is 0 Å². The van der Waals surface area contributed by atoms with Crippen molar-refractivity contribution in [1.29, 1.82) is 0 Å². The van der Waals surface area contributed by atoms with E-state index in [0.717, 1.165) is 16.5 Å². The summed E-state index contributed by atoms with van der Waals surface area (Å²) in [6.07, 6.45) is 0. The number of halogens is 1. The second-order valence-electron chi connectivity index (χ2n) is 3.35. The third kappa shape index (κ3) is 1.70. The average Bonchev–Trinajstić information content (AvgIpc) is 2.16. The van der Waals surface area contributed by atoms with E-state index in [2.05, 4.69) is 4.98 Å². The number of benzene rings is 1. The number of aryl methyl sites for hydroxylation is 1. The van der Waals surface area contributed by atoms with Crippen molar-refractivity contribution in [3.8, 4) is 5.75 Å². The van der Waals surface area contributed by atoms with Crippen molar-refractivity contribution in [3.05, 3.63) is 39.1 Å². The number of pyridine rings is 1. The highest BCUT2D eigenvalue weighted by Gasteiger charge is 2.06. The maximum Gasteiger partial charge on any atom is 0.248 e. The Morgan fingerprint density at radius 3 is 2.73 bits per heavy atom. The molecule has 0 amide bonds. The molecule has 0 atom stereocenters. The Hall–Kier alpha value is -1.48. The molecule has 3 nitrogen and oxygen atoms in total. The fourth-order valence-electron chi connectivity index (χ4n) is 1.58. The summed E-state index contributed by atoms with van der Waals surface area (Å²) in [5.74, 6) is 0.610. The minimum absolute atomic E-state index is 0.124. The van der Waals surface area contributed by atoms with Crippen molar-refractivity contribution in [2.24, 2.45) is 0 Å². The Balaban J connectivity index is 2.87. The third-order valence-electron chi connectivity index (χ3n) is 2.32. The summed E-state index contributed by atoms with van der Waals surface area (Å²) < 4.78 is 5.11. The van der Waals surface area contributed by atoms with Crippen molar-refractivity contribution >= 4 is 22.5 Å². The zero-order valence-electron chi connectivity index (χ0n) is 8.43. The first-order chi connectivity index (χ1) is 7.11. The van der Waals surface area contributed by atoms with Crippen molar-refractivity contribution in [2.75, 3.05) is 7.11 Å². The highest BCUT2D eigenvalue weighted by atomic mass is 35.5. The van der Waals surface area contributed by atoms with Gasteiger partial charge in [-0.25, -0.2) is 0 Å². The molecule has 78 valence electrons. The van der Waals surface area contributed by atoms with Gasteiger partial charge in [0.2, 0.25) is 5.56 Å². The van der Waals surface area contributed by atoms with E-state index in [4.69, 9.17) is 16.3 Å². The number of nitrogens with one attached hydrogen (secondary N) is 1. The van der Waals surface area contributed by atoms with Gasteiger partial charge in [-0.1, -0.05) is 11.6 Å². The fraction of sp³-hybridized carbons (Fsp3) is 0.182. The maximum atomic E-state index is 11.2.